The molecule has 1 N–H and O–H groups in total. The SMILES string of the molecule is CCCCC(Br)C(=O)NC. The van der Waals surface area contributed by atoms with Gasteiger partial charge in [0.15, 0.2) is 0 Å². The maximum atomic E-state index is 10.9. The second kappa shape index (κ2) is 5.71. The van der Waals surface area contributed by atoms with Crippen LogP contribution < -0.4 is 5.32 Å². The fourth-order valence-electron chi connectivity index (χ4n) is 0.671. The highest BCUT2D eigenvalue weighted by Gasteiger charge is 2.10. The van der Waals surface area contributed by atoms with E-state index in [4.69, 9.17) is 0 Å². The van der Waals surface area contributed by atoms with Gasteiger partial charge in [-0.2, -0.15) is 0 Å². The average Bonchev–Trinajstić information content (AvgIpc) is 1.98. The van der Waals surface area contributed by atoms with Gasteiger partial charge in [-0.15, -0.1) is 0 Å². The number of carbonyl (C=O) groups is 1. The van der Waals surface area contributed by atoms with Gasteiger partial charge in [0, 0.05) is 7.05 Å². The van der Waals surface area contributed by atoms with E-state index < -0.39 is 0 Å². The van der Waals surface area contributed by atoms with E-state index in [1.807, 2.05) is 0 Å². The lowest BCUT2D eigenvalue weighted by Gasteiger charge is -2.05. The van der Waals surface area contributed by atoms with E-state index >= 15 is 0 Å². The molecule has 0 aliphatic heterocycles. The number of hydrogen-bond acceptors (Lipinski definition) is 1. The molecule has 0 saturated carbocycles. The summed E-state index contributed by atoms with van der Waals surface area (Å²) < 4.78 is 0. The molecule has 0 aliphatic rings. The lowest BCUT2D eigenvalue weighted by Crippen LogP contribution is -2.27. The highest BCUT2D eigenvalue weighted by molar-refractivity contribution is 9.10. The van der Waals surface area contributed by atoms with Gasteiger partial charge < -0.3 is 5.32 Å². The molecule has 0 aromatic carbocycles. The summed E-state index contributed by atoms with van der Waals surface area (Å²) in [4.78, 5) is 10.9. The van der Waals surface area contributed by atoms with Crippen LogP contribution in [0.5, 0.6) is 0 Å². The van der Waals surface area contributed by atoms with E-state index in [1.165, 1.54) is 0 Å². The van der Waals surface area contributed by atoms with Crippen LogP contribution in [0.2, 0.25) is 0 Å². The average molecular weight is 208 g/mol. The van der Waals surface area contributed by atoms with E-state index in [-0.39, 0.29) is 10.7 Å². The largest absolute Gasteiger partial charge is 0.358 e. The second-order valence-electron chi connectivity index (χ2n) is 2.22. The third kappa shape index (κ3) is 3.88. The number of nitrogens with one attached hydrogen (secondary N) is 1. The molecule has 10 heavy (non-hydrogen) atoms. The van der Waals surface area contributed by atoms with Gasteiger partial charge in [0.05, 0.1) is 4.83 Å². The van der Waals surface area contributed by atoms with Crippen LogP contribution >= 0.6 is 15.9 Å². The van der Waals surface area contributed by atoms with Crippen molar-refractivity contribution in [2.75, 3.05) is 7.05 Å². The Morgan fingerprint density at radius 1 is 1.70 bits per heavy atom. The van der Waals surface area contributed by atoms with Crippen molar-refractivity contribution >= 4 is 21.8 Å². The molecular weight excluding hydrogens is 194 g/mol. The first-order valence-electron chi connectivity index (χ1n) is 3.58. The van der Waals surface area contributed by atoms with Crippen LogP contribution in [-0.4, -0.2) is 17.8 Å². The first-order chi connectivity index (χ1) is 4.72. The first kappa shape index (κ1) is 9.95. The minimum Gasteiger partial charge on any atom is -0.358 e. The lowest BCUT2D eigenvalue weighted by atomic mass is 10.2. The third-order valence-corrected chi connectivity index (χ3v) is 2.22. The predicted octanol–water partition coefficient (Wildman–Crippen LogP) is 1.69. The van der Waals surface area contributed by atoms with Crippen molar-refractivity contribution in [3.63, 3.8) is 0 Å². The molecule has 1 unspecified atom stereocenters. The number of amides is 1. The van der Waals surface area contributed by atoms with Crippen molar-refractivity contribution in [3.8, 4) is 0 Å². The topological polar surface area (TPSA) is 29.1 Å². The summed E-state index contributed by atoms with van der Waals surface area (Å²) in [6.07, 6.45) is 3.17. The zero-order valence-corrected chi connectivity index (χ0v) is 8.07. The van der Waals surface area contributed by atoms with Gasteiger partial charge in [0.1, 0.15) is 0 Å². The Bertz CT molecular complexity index is 106. The van der Waals surface area contributed by atoms with Gasteiger partial charge in [0.25, 0.3) is 0 Å². The van der Waals surface area contributed by atoms with Crippen molar-refractivity contribution in [3.05, 3.63) is 0 Å². The van der Waals surface area contributed by atoms with Crippen molar-refractivity contribution < 1.29 is 4.79 Å². The molecule has 60 valence electrons. The van der Waals surface area contributed by atoms with Gasteiger partial charge in [-0.1, -0.05) is 35.7 Å². The molecule has 0 spiro atoms. The number of rotatable bonds is 4. The normalized spacial score (nSPS) is 12.7. The number of unbranched alkanes of at least 4 members (excludes halogenated alkanes) is 1. The standard InChI is InChI=1S/C7H14BrNO/c1-3-4-5-6(8)7(10)9-2/h6H,3-5H2,1-2H3,(H,9,10). The fraction of sp³-hybridized carbons (Fsp3) is 0.857. The van der Waals surface area contributed by atoms with Crippen molar-refractivity contribution in [2.45, 2.75) is 31.0 Å². The third-order valence-electron chi connectivity index (χ3n) is 1.34. The van der Waals surface area contributed by atoms with Crippen molar-refractivity contribution in [2.24, 2.45) is 0 Å². The van der Waals surface area contributed by atoms with E-state index in [9.17, 15) is 4.79 Å². The minimum absolute atomic E-state index is 0.00236. The predicted molar refractivity (Wildman–Crippen MR) is 46.3 cm³/mol. The molecule has 0 saturated heterocycles. The number of hydrogen-bond donors (Lipinski definition) is 1. The van der Waals surface area contributed by atoms with Crippen LogP contribution in [0, 0.1) is 0 Å². The van der Waals surface area contributed by atoms with Crippen molar-refractivity contribution in [1.82, 2.24) is 5.32 Å². The van der Waals surface area contributed by atoms with Crippen LogP contribution in [0.1, 0.15) is 26.2 Å². The monoisotopic (exact) mass is 207 g/mol. The summed E-state index contributed by atoms with van der Waals surface area (Å²) in [7, 11) is 1.66. The Kier molecular flexibility index (Phi) is 5.69. The molecular formula is C7H14BrNO. The minimum atomic E-state index is -0.00236. The Morgan fingerprint density at radius 2 is 2.30 bits per heavy atom. The van der Waals surface area contributed by atoms with Crippen LogP contribution in [0.25, 0.3) is 0 Å². The first-order valence-corrected chi connectivity index (χ1v) is 4.49. The highest BCUT2D eigenvalue weighted by atomic mass is 79.9. The summed E-state index contributed by atoms with van der Waals surface area (Å²) >= 11 is 3.29. The summed E-state index contributed by atoms with van der Waals surface area (Å²) in [6, 6.07) is 0. The Balaban J connectivity index is 3.41. The van der Waals surface area contributed by atoms with E-state index in [0.717, 1.165) is 19.3 Å². The van der Waals surface area contributed by atoms with Crippen molar-refractivity contribution in [1.29, 1.82) is 0 Å². The number of carbonyl (C=O) groups excluding carboxylic acids is 1. The van der Waals surface area contributed by atoms with Gasteiger partial charge in [-0.05, 0) is 6.42 Å². The highest BCUT2D eigenvalue weighted by Crippen LogP contribution is 2.08. The van der Waals surface area contributed by atoms with Crippen LogP contribution in [0.15, 0.2) is 0 Å². The van der Waals surface area contributed by atoms with Gasteiger partial charge in [-0.3, -0.25) is 4.79 Å². The molecule has 0 aliphatic carbocycles. The maximum absolute atomic E-state index is 10.9. The zero-order chi connectivity index (χ0) is 7.98. The molecule has 0 bridgehead atoms. The Hall–Kier alpha value is -0.0500. The molecule has 1 atom stereocenters. The second-order valence-corrected chi connectivity index (χ2v) is 3.33. The van der Waals surface area contributed by atoms with Gasteiger partial charge >= 0.3 is 0 Å². The molecule has 0 rings (SSSR count). The zero-order valence-electron chi connectivity index (χ0n) is 6.48. The fourth-order valence-corrected chi connectivity index (χ4v) is 1.22. The molecule has 0 aromatic heterocycles. The maximum Gasteiger partial charge on any atom is 0.233 e. The van der Waals surface area contributed by atoms with E-state index in [2.05, 4.69) is 28.2 Å². The van der Waals surface area contributed by atoms with Gasteiger partial charge in [-0.25, -0.2) is 0 Å². The molecule has 0 radical (unpaired) electrons. The molecule has 2 nitrogen and oxygen atoms in total. The van der Waals surface area contributed by atoms with E-state index in [1.54, 1.807) is 7.05 Å². The number of alkyl halides is 1. The number of halogens is 1. The molecule has 0 aromatic rings. The van der Waals surface area contributed by atoms with Crippen LogP contribution in [0.4, 0.5) is 0 Å². The van der Waals surface area contributed by atoms with Gasteiger partial charge in [0.2, 0.25) is 5.91 Å². The molecule has 1 amide bonds. The summed E-state index contributed by atoms with van der Waals surface area (Å²) in [6.45, 7) is 2.11. The van der Waals surface area contributed by atoms with Crippen LogP contribution in [-0.2, 0) is 4.79 Å². The van der Waals surface area contributed by atoms with Crippen LogP contribution in [0.3, 0.4) is 0 Å². The quantitative estimate of drug-likeness (QED) is 0.699. The smallest absolute Gasteiger partial charge is 0.233 e. The molecule has 0 fully saturated rings. The lowest BCUT2D eigenvalue weighted by molar-refractivity contribution is -0.120. The summed E-state index contributed by atoms with van der Waals surface area (Å²) in [5.74, 6) is 0.0773. The molecule has 0 heterocycles. The van der Waals surface area contributed by atoms with E-state index in [0.29, 0.717) is 0 Å². The summed E-state index contributed by atoms with van der Waals surface area (Å²) in [5.41, 5.74) is 0. The Morgan fingerprint density at radius 3 is 2.70 bits per heavy atom. The summed E-state index contributed by atoms with van der Waals surface area (Å²) in [5, 5.41) is 2.59. The molecule has 3 heteroatoms. The Labute approximate surface area is 70.5 Å².